The molecule has 1 saturated carbocycles. The van der Waals surface area contributed by atoms with Crippen molar-refractivity contribution in [3.8, 4) is 0 Å². The monoisotopic (exact) mass is 440 g/mol. The first-order valence-corrected chi connectivity index (χ1v) is 9.71. The summed E-state index contributed by atoms with van der Waals surface area (Å²) >= 11 is 0. The Morgan fingerprint density at radius 3 is 2.38 bits per heavy atom. The summed E-state index contributed by atoms with van der Waals surface area (Å²) < 4.78 is 4.81. The number of esters is 1. The quantitative estimate of drug-likeness (QED) is 0.302. The van der Waals surface area contributed by atoms with E-state index in [0.717, 1.165) is 18.9 Å². The van der Waals surface area contributed by atoms with E-state index in [-0.39, 0.29) is 23.2 Å². The molecule has 32 heavy (non-hydrogen) atoms. The summed E-state index contributed by atoms with van der Waals surface area (Å²) in [7, 11) is 0. The molecule has 11 nitrogen and oxygen atoms in total. The highest BCUT2D eigenvalue weighted by molar-refractivity contribution is 5.98. The molecule has 1 aliphatic rings. The number of nitro benzene ring substituents is 1. The highest BCUT2D eigenvalue weighted by Gasteiger charge is 2.23. The van der Waals surface area contributed by atoms with Gasteiger partial charge in [-0.25, -0.2) is 0 Å². The predicted octanol–water partition coefficient (Wildman–Crippen LogP) is 1.40. The van der Waals surface area contributed by atoms with Crippen molar-refractivity contribution in [2.24, 2.45) is 0 Å². The zero-order chi connectivity index (χ0) is 23.1. The van der Waals surface area contributed by atoms with E-state index in [9.17, 15) is 29.3 Å². The summed E-state index contributed by atoms with van der Waals surface area (Å²) in [5.74, 6) is -2.41. The number of hydrogen-bond acceptors (Lipinski definition) is 7. The van der Waals surface area contributed by atoms with E-state index in [0.29, 0.717) is 11.3 Å². The van der Waals surface area contributed by atoms with E-state index in [1.165, 1.54) is 24.3 Å². The molecule has 11 heteroatoms. The lowest BCUT2D eigenvalue weighted by Crippen LogP contribution is -2.32. The molecule has 0 unspecified atom stereocenters. The molecular weight excluding hydrogens is 420 g/mol. The van der Waals surface area contributed by atoms with Crippen molar-refractivity contribution < 1.29 is 28.8 Å². The fourth-order valence-electron chi connectivity index (χ4n) is 2.64. The number of anilines is 1. The fraction of sp³-hybridized carbons (Fsp3) is 0.238. The van der Waals surface area contributed by atoms with Gasteiger partial charge in [-0.2, -0.15) is 0 Å². The van der Waals surface area contributed by atoms with Gasteiger partial charge in [-0.05, 0) is 37.1 Å². The molecule has 0 atom stereocenters. The van der Waals surface area contributed by atoms with Crippen LogP contribution in [0, 0.1) is 10.1 Å². The molecule has 0 aliphatic heterocycles. The van der Waals surface area contributed by atoms with Gasteiger partial charge in [-0.3, -0.25) is 29.3 Å². The van der Waals surface area contributed by atoms with Crippen LogP contribution in [0.3, 0.4) is 0 Å². The standard InChI is InChI=1S/C21H20N4O7/c26-18(23-16-5-1-3-13(9-16)21(29)24-15-7-8-15)12-32-19(27)11-22-20(28)14-4-2-6-17(10-14)25(30)31/h1-6,9-10,15H,7-8,11-12H2,(H,22,28)(H,23,26)(H,24,29). The highest BCUT2D eigenvalue weighted by atomic mass is 16.6. The largest absolute Gasteiger partial charge is 0.454 e. The lowest BCUT2D eigenvalue weighted by atomic mass is 10.2. The van der Waals surface area contributed by atoms with Crippen LogP contribution in [0.5, 0.6) is 0 Å². The molecular formula is C21H20N4O7. The second kappa shape index (κ2) is 10.2. The first-order chi connectivity index (χ1) is 15.3. The molecule has 0 bridgehead atoms. The second-order valence-corrected chi connectivity index (χ2v) is 7.03. The third-order valence-electron chi connectivity index (χ3n) is 4.40. The summed E-state index contributed by atoms with van der Waals surface area (Å²) in [6.45, 7) is -1.12. The highest BCUT2D eigenvalue weighted by Crippen LogP contribution is 2.20. The molecule has 0 saturated heterocycles. The Labute approximate surface area is 182 Å². The van der Waals surface area contributed by atoms with Crippen molar-refractivity contribution in [1.29, 1.82) is 0 Å². The van der Waals surface area contributed by atoms with E-state index in [1.807, 2.05) is 0 Å². The number of benzene rings is 2. The number of carbonyl (C=O) groups excluding carboxylic acids is 4. The van der Waals surface area contributed by atoms with Gasteiger partial charge in [0.25, 0.3) is 23.4 Å². The number of amides is 3. The molecule has 166 valence electrons. The minimum absolute atomic E-state index is 0.00958. The number of hydrogen-bond donors (Lipinski definition) is 3. The smallest absolute Gasteiger partial charge is 0.325 e. The van der Waals surface area contributed by atoms with Crippen LogP contribution >= 0.6 is 0 Å². The van der Waals surface area contributed by atoms with E-state index < -0.39 is 35.9 Å². The van der Waals surface area contributed by atoms with E-state index >= 15 is 0 Å². The minimum Gasteiger partial charge on any atom is -0.454 e. The molecule has 0 heterocycles. The Kier molecular flexibility index (Phi) is 7.11. The first kappa shape index (κ1) is 22.4. The van der Waals surface area contributed by atoms with Gasteiger partial charge in [0.05, 0.1) is 4.92 Å². The van der Waals surface area contributed by atoms with Gasteiger partial charge in [0.2, 0.25) is 0 Å². The Balaban J connectivity index is 1.42. The van der Waals surface area contributed by atoms with Crippen molar-refractivity contribution in [3.63, 3.8) is 0 Å². The van der Waals surface area contributed by atoms with Crippen LogP contribution in [0.2, 0.25) is 0 Å². The summed E-state index contributed by atoms with van der Waals surface area (Å²) in [4.78, 5) is 58.0. The minimum atomic E-state index is -0.864. The van der Waals surface area contributed by atoms with Crippen LogP contribution in [0.25, 0.3) is 0 Å². The Bertz CT molecular complexity index is 1070. The summed E-state index contributed by atoms with van der Waals surface area (Å²) in [6, 6.07) is 11.6. The molecule has 3 rings (SSSR count). The van der Waals surface area contributed by atoms with Gasteiger partial charge in [0.1, 0.15) is 6.54 Å². The van der Waals surface area contributed by atoms with Crippen LogP contribution in [0.1, 0.15) is 33.6 Å². The summed E-state index contributed by atoms with van der Waals surface area (Å²) in [5, 5.41) is 18.4. The van der Waals surface area contributed by atoms with Gasteiger partial charge in [-0.15, -0.1) is 0 Å². The Hall–Kier alpha value is -4.28. The van der Waals surface area contributed by atoms with Crippen LogP contribution in [-0.2, 0) is 14.3 Å². The van der Waals surface area contributed by atoms with E-state index in [4.69, 9.17) is 4.74 Å². The normalized spacial score (nSPS) is 12.4. The van der Waals surface area contributed by atoms with E-state index in [1.54, 1.807) is 18.2 Å². The topological polar surface area (TPSA) is 157 Å². The molecule has 0 spiro atoms. The van der Waals surface area contributed by atoms with Crippen molar-refractivity contribution in [2.45, 2.75) is 18.9 Å². The molecule has 0 radical (unpaired) electrons. The number of ether oxygens (including phenoxy) is 1. The SMILES string of the molecule is O=C(COC(=O)CNC(=O)c1cccc([N+](=O)[O-])c1)Nc1cccc(C(=O)NC2CC2)c1. The van der Waals surface area contributed by atoms with Gasteiger partial charge >= 0.3 is 5.97 Å². The third kappa shape index (κ3) is 6.62. The number of rotatable bonds is 9. The average Bonchev–Trinajstić information content (AvgIpc) is 3.60. The van der Waals surface area contributed by atoms with Gasteiger partial charge in [0, 0.05) is 35.0 Å². The van der Waals surface area contributed by atoms with Crippen LogP contribution in [0.4, 0.5) is 11.4 Å². The number of nitro groups is 1. The first-order valence-electron chi connectivity index (χ1n) is 9.71. The van der Waals surface area contributed by atoms with E-state index in [2.05, 4.69) is 16.0 Å². The van der Waals surface area contributed by atoms with Crippen molar-refractivity contribution in [3.05, 3.63) is 69.8 Å². The molecule has 3 amide bonds. The van der Waals surface area contributed by atoms with Gasteiger partial charge < -0.3 is 20.7 Å². The Morgan fingerprint density at radius 2 is 1.69 bits per heavy atom. The number of nitrogens with one attached hydrogen (secondary N) is 3. The molecule has 1 aliphatic carbocycles. The maximum absolute atomic E-state index is 12.1. The number of carbonyl (C=O) groups is 4. The van der Waals surface area contributed by atoms with Crippen LogP contribution < -0.4 is 16.0 Å². The zero-order valence-electron chi connectivity index (χ0n) is 16.8. The van der Waals surface area contributed by atoms with Crippen molar-refractivity contribution in [1.82, 2.24) is 10.6 Å². The van der Waals surface area contributed by atoms with Crippen molar-refractivity contribution in [2.75, 3.05) is 18.5 Å². The molecule has 2 aromatic rings. The number of non-ortho nitro benzene ring substituents is 1. The maximum Gasteiger partial charge on any atom is 0.325 e. The summed E-state index contributed by atoms with van der Waals surface area (Å²) in [6.07, 6.45) is 1.92. The lowest BCUT2D eigenvalue weighted by molar-refractivity contribution is -0.384. The van der Waals surface area contributed by atoms with Crippen LogP contribution in [0.15, 0.2) is 48.5 Å². The van der Waals surface area contributed by atoms with Crippen LogP contribution in [-0.4, -0.2) is 47.8 Å². The predicted molar refractivity (Wildman–Crippen MR) is 112 cm³/mol. The third-order valence-corrected chi connectivity index (χ3v) is 4.40. The summed E-state index contributed by atoms with van der Waals surface area (Å²) in [5.41, 5.74) is 0.519. The second-order valence-electron chi connectivity index (χ2n) is 7.03. The Morgan fingerprint density at radius 1 is 1.00 bits per heavy atom. The zero-order valence-corrected chi connectivity index (χ0v) is 16.8. The molecule has 2 aromatic carbocycles. The lowest BCUT2D eigenvalue weighted by Gasteiger charge is -2.09. The van der Waals surface area contributed by atoms with Gasteiger partial charge in [0.15, 0.2) is 6.61 Å². The maximum atomic E-state index is 12.1. The van der Waals surface area contributed by atoms with Gasteiger partial charge in [-0.1, -0.05) is 12.1 Å². The average molecular weight is 440 g/mol. The fourth-order valence-corrected chi connectivity index (χ4v) is 2.64. The molecule has 0 aromatic heterocycles. The number of nitrogens with zero attached hydrogens (tertiary/aromatic N) is 1. The van der Waals surface area contributed by atoms with Crippen molar-refractivity contribution >= 4 is 35.1 Å². The molecule has 1 fully saturated rings. The molecule has 3 N–H and O–H groups in total.